The molecule has 0 radical (unpaired) electrons. The molecule has 1 aliphatic rings. The van der Waals surface area contributed by atoms with Crippen LogP contribution in [0, 0.1) is 11.3 Å². The molecule has 4 heteroatoms. The fraction of sp³-hybridized carbons (Fsp3) is 0.929. The number of likely N-dealkylation sites (tertiary alicyclic amines) is 1. The largest absolute Gasteiger partial charge is 0.356 e. The van der Waals surface area contributed by atoms with Gasteiger partial charge in [0.25, 0.3) is 0 Å². The molecule has 1 rings (SSSR count). The van der Waals surface area contributed by atoms with Crippen LogP contribution in [0.5, 0.6) is 0 Å². The molecule has 0 bridgehead atoms. The highest BCUT2D eigenvalue weighted by atomic mass is 16.1. The number of nitrogens with zero attached hydrogens (tertiary/aromatic N) is 1. The van der Waals surface area contributed by atoms with Gasteiger partial charge in [-0.15, -0.1) is 0 Å². The molecule has 4 nitrogen and oxygen atoms in total. The highest BCUT2D eigenvalue weighted by Crippen LogP contribution is 2.19. The van der Waals surface area contributed by atoms with Gasteiger partial charge in [-0.05, 0) is 50.7 Å². The highest BCUT2D eigenvalue weighted by Gasteiger charge is 2.19. The lowest BCUT2D eigenvalue weighted by Gasteiger charge is -2.29. The molecule has 0 aromatic carbocycles. The molecule has 1 amide bonds. The number of rotatable bonds is 6. The smallest absolute Gasteiger partial charge is 0.220 e. The number of hydrogen-bond donors (Lipinski definition) is 2. The maximum atomic E-state index is 11.8. The molecule has 106 valence electrons. The van der Waals surface area contributed by atoms with Gasteiger partial charge in [-0.2, -0.15) is 0 Å². The summed E-state index contributed by atoms with van der Waals surface area (Å²) in [7, 11) is 2.16. The minimum Gasteiger partial charge on any atom is -0.356 e. The molecule has 3 N–H and O–H groups in total. The standard InChI is InChI=1S/C14H29N3O/c1-14(2,10-15)11-16-13(18)7-6-12-5-4-8-17(3)9-12/h12H,4-11,15H2,1-3H3,(H,16,18). The third kappa shape index (κ3) is 5.83. The van der Waals surface area contributed by atoms with Crippen LogP contribution in [0.1, 0.15) is 39.5 Å². The minimum atomic E-state index is 0.000711. The Kier molecular flexibility index (Phi) is 6.09. The number of piperidine rings is 1. The van der Waals surface area contributed by atoms with E-state index in [-0.39, 0.29) is 11.3 Å². The van der Waals surface area contributed by atoms with Crippen molar-refractivity contribution in [1.29, 1.82) is 0 Å². The summed E-state index contributed by atoms with van der Waals surface area (Å²) >= 11 is 0. The van der Waals surface area contributed by atoms with Gasteiger partial charge < -0.3 is 16.0 Å². The molecule has 1 saturated heterocycles. The summed E-state index contributed by atoms with van der Waals surface area (Å²) < 4.78 is 0. The van der Waals surface area contributed by atoms with Crippen LogP contribution in [0.2, 0.25) is 0 Å². The second-order valence-corrected chi connectivity index (χ2v) is 6.45. The van der Waals surface area contributed by atoms with Crippen molar-refractivity contribution in [3.63, 3.8) is 0 Å². The molecular formula is C14H29N3O. The Morgan fingerprint density at radius 3 is 2.83 bits per heavy atom. The Morgan fingerprint density at radius 2 is 2.22 bits per heavy atom. The predicted octanol–water partition coefficient (Wildman–Crippen LogP) is 1.21. The third-order valence-corrected chi connectivity index (χ3v) is 3.82. The first-order chi connectivity index (χ1) is 8.43. The average Bonchev–Trinajstić information content (AvgIpc) is 2.34. The van der Waals surface area contributed by atoms with Crippen molar-refractivity contribution in [2.45, 2.75) is 39.5 Å². The predicted molar refractivity (Wildman–Crippen MR) is 75.3 cm³/mol. The lowest BCUT2D eigenvalue weighted by Crippen LogP contribution is -2.39. The number of hydrogen-bond acceptors (Lipinski definition) is 3. The van der Waals surface area contributed by atoms with E-state index in [4.69, 9.17) is 5.73 Å². The first kappa shape index (κ1) is 15.4. The molecule has 0 spiro atoms. The van der Waals surface area contributed by atoms with Crippen LogP contribution in [0.15, 0.2) is 0 Å². The average molecular weight is 255 g/mol. The fourth-order valence-electron chi connectivity index (χ4n) is 2.34. The van der Waals surface area contributed by atoms with Crippen LogP contribution < -0.4 is 11.1 Å². The molecule has 1 unspecified atom stereocenters. The lowest BCUT2D eigenvalue weighted by molar-refractivity contribution is -0.121. The lowest BCUT2D eigenvalue weighted by atomic mass is 9.92. The molecule has 1 aliphatic heterocycles. The second kappa shape index (κ2) is 7.10. The van der Waals surface area contributed by atoms with Crippen LogP contribution >= 0.6 is 0 Å². The zero-order valence-corrected chi connectivity index (χ0v) is 12.2. The van der Waals surface area contributed by atoms with Crippen molar-refractivity contribution >= 4 is 5.91 Å². The summed E-state index contributed by atoms with van der Waals surface area (Å²) in [5.41, 5.74) is 5.64. The van der Waals surface area contributed by atoms with Crippen LogP contribution in [0.4, 0.5) is 0 Å². The number of nitrogens with one attached hydrogen (secondary N) is 1. The summed E-state index contributed by atoms with van der Waals surface area (Å²) in [4.78, 5) is 14.1. The Balaban J connectivity index is 2.17. The second-order valence-electron chi connectivity index (χ2n) is 6.45. The third-order valence-electron chi connectivity index (χ3n) is 3.82. The summed E-state index contributed by atoms with van der Waals surface area (Å²) in [6.07, 6.45) is 4.20. The van der Waals surface area contributed by atoms with E-state index in [1.165, 1.54) is 19.4 Å². The van der Waals surface area contributed by atoms with E-state index in [1.807, 2.05) is 0 Å². The van der Waals surface area contributed by atoms with E-state index in [9.17, 15) is 4.79 Å². The molecule has 0 aliphatic carbocycles. The Hall–Kier alpha value is -0.610. The molecule has 1 fully saturated rings. The molecule has 0 aromatic heterocycles. The van der Waals surface area contributed by atoms with Gasteiger partial charge in [0.05, 0.1) is 0 Å². The van der Waals surface area contributed by atoms with Crippen LogP contribution in [0.3, 0.4) is 0 Å². The zero-order valence-electron chi connectivity index (χ0n) is 12.2. The fourth-order valence-corrected chi connectivity index (χ4v) is 2.34. The maximum absolute atomic E-state index is 11.8. The first-order valence-corrected chi connectivity index (χ1v) is 7.08. The summed E-state index contributed by atoms with van der Waals surface area (Å²) in [5.74, 6) is 0.863. The summed E-state index contributed by atoms with van der Waals surface area (Å²) in [6.45, 7) is 7.76. The number of carbonyl (C=O) groups excluding carboxylic acids is 1. The van der Waals surface area contributed by atoms with Gasteiger partial charge in [0, 0.05) is 19.5 Å². The first-order valence-electron chi connectivity index (χ1n) is 7.08. The normalized spacial score (nSPS) is 21.9. The van der Waals surface area contributed by atoms with E-state index >= 15 is 0 Å². The van der Waals surface area contributed by atoms with Gasteiger partial charge in [0.1, 0.15) is 0 Å². The van der Waals surface area contributed by atoms with Gasteiger partial charge in [-0.1, -0.05) is 13.8 Å². The molecule has 1 heterocycles. The molecule has 18 heavy (non-hydrogen) atoms. The van der Waals surface area contributed by atoms with Gasteiger partial charge >= 0.3 is 0 Å². The van der Waals surface area contributed by atoms with E-state index in [0.717, 1.165) is 13.0 Å². The van der Waals surface area contributed by atoms with E-state index < -0.39 is 0 Å². The van der Waals surface area contributed by atoms with Gasteiger partial charge in [0.2, 0.25) is 5.91 Å². The van der Waals surface area contributed by atoms with Crippen molar-refractivity contribution in [3.8, 4) is 0 Å². The van der Waals surface area contributed by atoms with E-state index in [0.29, 0.717) is 25.4 Å². The number of nitrogens with two attached hydrogens (primary N) is 1. The van der Waals surface area contributed by atoms with Crippen LogP contribution in [-0.4, -0.2) is 44.0 Å². The summed E-state index contributed by atoms with van der Waals surface area (Å²) in [6, 6.07) is 0. The van der Waals surface area contributed by atoms with Crippen molar-refractivity contribution in [3.05, 3.63) is 0 Å². The topological polar surface area (TPSA) is 58.4 Å². The Labute approximate surface area is 111 Å². The minimum absolute atomic E-state index is 0.000711. The zero-order chi connectivity index (χ0) is 13.6. The molecule has 1 atom stereocenters. The van der Waals surface area contributed by atoms with Gasteiger partial charge in [-0.3, -0.25) is 4.79 Å². The quantitative estimate of drug-likeness (QED) is 0.750. The number of carbonyl (C=O) groups is 1. The van der Waals surface area contributed by atoms with Crippen LogP contribution in [-0.2, 0) is 4.79 Å². The number of amides is 1. The van der Waals surface area contributed by atoms with Crippen molar-refractivity contribution in [2.24, 2.45) is 17.1 Å². The Morgan fingerprint density at radius 1 is 1.50 bits per heavy atom. The maximum Gasteiger partial charge on any atom is 0.220 e. The van der Waals surface area contributed by atoms with Crippen molar-refractivity contribution < 1.29 is 4.79 Å². The van der Waals surface area contributed by atoms with Gasteiger partial charge in [0.15, 0.2) is 0 Å². The van der Waals surface area contributed by atoms with Gasteiger partial charge in [-0.25, -0.2) is 0 Å². The monoisotopic (exact) mass is 255 g/mol. The van der Waals surface area contributed by atoms with Crippen molar-refractivity contribution in [2.75, 3.05) is 33.2 Å². The molecular weight excluding hydrogens is 226 g/mol. The van der Waals surface area contributed by atoms with Crippen LogP contribution in [0.25, 0.3) is 0 Å². The van der Waals surface area contributed by atoms with E-state index in [1.54, 1.807) is 0 Å². The SMILES string of the molecule is CN1CCCC(CCC(=O)NCC(C)(C)CN)C1. The molecule has 0 aromatic rings. The highest BCUT2D eigenvalue weighted by molar-refractivity contribution is 5.75. The molecule has 0 saturated carbocycles. The van der Waals surface area contributed by atoms with E-state index in [2.05, 4.69) is 31.1 Å². The summed E-state index contributed by atoms with van der Waals surface area (Å²) in [5, 5.41) is 2.99. The Bertz CT molecular complexity index is 266. The van der Waals surface area contributed by atoms with Crippen molar-refractivity contribution in [1.82, 2.24) is 10.2 Å².